The van der Waals surface area contributed by atoms with Crippen LogP contribution >= 0.6 is 0 Å². The number of aryl methyl sites for hydroxylation is 1. The Labute approximate surface area is 153 Å². The van der Waals surface area contributed by atoms with Gasteiger partial charge in [-0.25, -0.2) is 0 Å². The molecule has 0 heterocycles. The maximum absolute atomic E-state index is 12.6. The van der Waals surface area contributed by atoms with E-state index in [0.29, 0.717) is 24.2 Å². The molecule has 2 aromatic rings. The third-order valence-electron chi connectivity index (χ3n) is 4.52. The van der Waals surface area contributed by atoms with Gasteiger partial charge in [0.2, 0.25) is 0 Å². The SMILES string of the molecule is COc1cc(NC2=C(C)C(=O)CC2)ccc1C(=O)Nc1ccc(C)cc1. The number of hydrogen-bond acceptors (Lipinski definition) is 4. The first-order chi connectivity index (χ1) is 12.5. The molecule has 5 heteroatoms. The average molecular weight is 350 g/mol. The van der Waals surface area contributed by atoms with Crippen LogP contribution < -0.4 is 15.4 Å². The van der Waals surface area contributed by atoms with E-state index in [4.69, 9.17) is 4.74 Å². The van der Waals surface area contributed by atoms with Gasteiger partial charge < -0.3 is 15.4 Å². The fourth-order valence-electron chi connectivity index (χ4n) is 2.90. The number of hydrogen-bond donors (Lipinski definition) is 2. The summed E-state index contributed by atoms with van der Waals surface area (Å²) in [6.45, 7) is 3.83. The monoisotopic (exact) mass is 350 g/mol. The van der Waals surface area contributed by atoms with Crippen molar-refractivity contribution in [2.45, 2.75) is 26.7 Å². The number of carbonyl (C=O) groups excluding carboxylic acids is 2. The van der Waals surface area contributed by atoms with Crippen molar-refractivity contribution >= 4 is 23.1 Å². The minimum atomic E-state index is -0.233. The van der Waals surface area contributed by atoms with E-state index < -0.39 is 0 Å². The van der Waals surface area contributed by atoms with Crippen molar-refractivity contribution in [1.82, 2.24) is 0 Å². The first-order valence-corrected chi connectivity index (χ1v) is 8.54. The molecule has 0 spiro atoms. The molecule has 3 rings (SSSR count). The van der Waals surface area contributed by atoms with Crippen LogP contribution in [0.5, 0.6) is 5.75 Å². The van der Waals surface area contributed by atoms with Crippen molar-refractivity contribution in [1.29, 1.82) is 0 Å². The number of nitrogens with one attached hydrogen (secondary N) is 2. The van der Waals surface area contributed by atoms with Crippen molar-refractivity contribution < 1.29 is 14.3 Å². The van der Waals surface area contributed by atoms with Crippen LogP contribution in [-0.4, -0.2) is 18.8 Å². The van der Waals surface area contributed by atoms with Crippen molar-refractivity contribution in [2.24, 2.45) is 0 Å². The van der Waals surface area contributed by atoms with Crippen LogP contribution in [0.4, 0.5) is 11.4 Å². The van der Waals surface area contributed by atoms with Gasteiger partial charge in [-0.15, -0.1) is 0 Å². The first kappa shape index (κ1) is 17.7. The maximum atomic E-state index is 12.6. The quantitative estimate of drug-likeness (QED) is 0.843. The predicted molar refractivity (Wildman–Crippen MR) is 103 cm³/mol. The number of Topliss-reactive ketones (excluding diaryl/α,β-unsaturated/α-hetero) is 1. The fourth-order valence-corrected chi connectivity index (χ4v) is 2.90. The molecule has 26 heavy (non-hydrogen) atoms. The molecule has 0 atom stereocenters. The van der Waals surface area contributed by atoms with Gasteiger partial charge in [-0.2, -0.15) is 0 Å². The highest BCUT2D eigenvalue weighted by molar-refractivity contribution is 6.06. The molecule has 134 valence electrons. The maximum Gasteiger partial charge on any atom is 0.259 e. The molecule has 0 unspecified atom stereocenters. The zero-order valence-corrected chi connectivity index (χ0v) is 15.2. The molecule has 0 saturated carbocycles. The molecule has 0 saturated heterocycles. The molecule has 1 aliphatic rings. The van der Waals surface area contributed by atoms with E-state index in [-0.39, 0.29) is 11.7 Å². The average Bonchev–Trinajstić information content (AvgIpc) is 2.95. The van der Waals surface area contributed by atoms with Gasteiger partial charge in [-0.3, -0.25) is 9.59 Å². The van der Waals surface area contributed by atoms with E-state index in [2.05, 4.69) is 10.6 Å². The first-order valence-electron chi connectivity index (χ1n) is 8.54. The Balaban J connectivity index is 1.79. The zero-order chi connectivity index (χ0) is 18.7. The lowest BCUT2D eigenvalue weighted by Gasteiger charge is -2.13. The van der Waals surface area contributed by atoms with Crippen LogP contribution in [0.25, 0.3) is 0 Å². The molecule has 1 aliphatic carbocycles. The van der Waals surface area contributed by atoms with E-state index in [1.165, 1.54) is 7.11 Å². The number of ether oxygens (including phenoxy) is 1. The van der Waals surface area contributed by atoms with E-state index >= 15 is 0 Å². The Bertz CT molecular complexity index is 883. The summed E-state index contributed by atoms with van der Waals surface area (Å²) in [7, 11) is 1.53. The molecule has 0 aromatic heterocycles. The molecule has 2 N–H and O–H groups in total. The minimum Gasteiger partial charge on any atom is -0.496 e. The van der Waals surface area contributed by atoms with Crippen LogP contribution in [0.3, 0.4) is 0 Å². The number of benzene rings is 2. The Morgan fingerprint density at radius 3 is 2.31 bits per heavy atom. The van der Waals surface area contributed by atoms with Crippen molar-refractivity contribution in [3.8, 4) is 5.75 Å². The van der Waals surface area contributed by atoms with Crippen molar-refractivity contribution in [2.75, 3.05) is 17.7 Å². The molecular formula is C21H22N2O3. The minimum absolute atomic E-state index is 0.175. The van der Waals surface area contributed by atoms with E-state index in [9.17, 15) is 9.59 Å². The Morgan fingerprint density at radius 1 is 1.00 bits per heavy atom. The Hall–Kier alpha value is -3.08. The van der Waals surface area contributed by atoms with Crippen LogP contribution in [-0.2, 0) is 4.79 Å². The Morgan fingerprint density at radius 2 is 1.69 bits per heavy atom. The third-order valence-corrected chi connectivity index (χ3v) is 4.52. The van der Waals surface area contributed by atoms with Crippen LogP contribution in [0.15, 0.2) is 53.7 Å². The summed E-state index contributed by atoms with van der Waals surface area (Å²) < 4.78 is 5.39. The Kier molecular flexibility index (Phi) is 5.07. The number of rotatable bonds is 5. The number of ketones is 1. The highest BCUT2D eigenvalue weighted by Crippen LogP contribution is 2.28. The van der Waals surface area contributed by atoms with E-state index in [1.54, 1.807) is 12.1 Å². The molecule has 0 fully saturated rings. The van der Waals surface area contributed by atoms with Gasteiger partial charge in [0.1, 0.15) is 5.75 Å². The van der Waals surface area contributed by atoms with Crippen LogP contribution in [0.1, 0.15) is 35.7 Å². The highest BCUT2D eigenvalue weighted by Gasteiger charge is 2.20. The number of amides is 1. The lowest BCUT2D eigenvalue weighted by Crippen LogP contribution is -2.13. The second-order valence-electron chi connectivity index (χ2n) is 6.39. The topological polar surface area (TPSA) is 67.4 Å². The molecule has 1 amide bonds. The third kappa shape index (κ3) is 3.77. The molecule has 0 radical (unpaired) electrons. The molecule has 0 bridgehead atoms. The lowest BCUT2D eigenvalue weighted by atomic mass is 10.1. The standard InChI is InChI=1S/C21H22N2O3/c1-13-4-6-15(7-5-13)23-21(25)17-9-8-16(12-20(17)26-3)22-18-10-11-19(24)14(18)2/h4-9,12,22H,10-11H2,1-3H3,(H,23,25). The molecule has 5 nitrogen and oxygen atoms in total. The van der Waals surface area contributed by atoms with E-state index in [1.807, 2.05) is 44.2 Å². The summed E-state index contributed by atoms with van der Waals surface area (Å²) in [5, 5.41) is 6.14. The molecule has 2 aromatic carbocycles. The lowest BCUT2D eigenvalue weighted by molar-refractivity contribution is -0.114. The summed E-state index contributed by atoms with van der Waals surface area (Å²) in [6.07, 6.45) is 1.25. The highest BCUT2D eigenvalue weighted by atomic mass is 16.5. The smallest absolute Gasteiger partial charge is 0.259 e. The summed E-state index contributed by atoms with van der Waals surface area (Å²) in [5.74, 6) is 0.416. The molecular weight excluding hydrogens is 328 g/mol. The van der Waals surface area contributed by atoms with Crippen LogP contribution in [0, 0.1) is 6.92 Å². The fraction of sp³-hybridized carbons (Fsp3) is 0.238. The zero-order valence-electron chi connectivity index (χ0n) is 15.2. The summed E-state index contributed by atoms with van der Waals surface area (Å²) in [5.41, 5.74) is 4.80. The second-order valence-corrected chi connectivity index (χ2v) is 6.39. The van der Waals surface area contributed by atoms with Crippen molar-refractivity contribution in [3.05, 3.63) is 64.9 Å². The summed E-state index contributed by atoms with van der Waals surface area (Å²) in [4.78, 5) is 24.2. The summed E-state index contributed by atoms with van der Waals surface area (Å²) in [6, 6.07) is 12.9. The van der Waals surface area contributed by atoms with Gasteiger partial charge in [0.05, 0.1) is 12.7 Å². The van der Waals surface area contributed by atoms with Gasteiger partial charge in [-0.1, -0.05) is 17.7 Å². The normalized spacial score (nSPS) is 13.7. The molecule has 0 aliphatic heterocycles. The van der Waals surface area contributed by atoms with Gasteiger partial charge in [0.25, 0.3) is 5.91 Å². The van der Waals surface area contributed by atoms with Gasteiger partial charge in [-0.05, 0) is 44.5 Å². The van der Waals surface area contributed by atoms with E-state index in [0.717, 1.165) is 28.2 Å². The van der Waals surface area contributed by atoms with Gasteiger partial charge >= 0.3 is 0 Å². The van der Waals surface area contributed by atoms with Crippen LogP contribution in [0.2, 0.25) is 0 Å². The van der Waals surface area contributed by atoms with Crippen molar-refractivity contribution in [3.63, 3.8) is 0 Å². The number of methoxy groups -OCH3 is 1. The summed E-state index contributed by atoms with van der Waals surface area (Å²) >= 11 is 0. The number of anilines is 2. The second kappa shape index (κ2) is 7.44. The predicted octanol–water partition coefficient (Wildman–Crippen LogP) is 4.30. The largest absolute Gasteiger partial charge is 0.496 e. The van der Waals surface area contributed by atoms with Gasteiger partial charge in [0, 0.05) is 35.1 Å². The number of carbonyl (C=O) groups is 2. The van der Waals surface area contributed by atoms with Gasteiger partial charge in [0.15, 0.2) is 5.78 Å². The number of allylic oxidation sites excluding steroid dienone is 2.